The second-order valence-corrected chi connectivity index (χ2v) is 7.82. The van der Waals surface area contributed by atoms with E-state index < -0.39 is 15.8 Å². The lowest BCUT2D eigenvalue weighted by molar-refractivity contribution is 0.389. The average molecular weight is 319 g/mol. The molecule has 2 N–H and O–H groups in total. The Morgan fingerprint density at radius 3 is 2.50 bits per heavy atom. The van der Waals surface area contributed by atoms with Gasteiger partial charge in [0.15, 0.2) is 0 Å². The Balaban J connectivity index is 1.98. The van der Waals surface area contributed by atoms with Crippen LogP contribution < -0.4 is 5.73 Å². The van der Waals surface area contributed by atoms with E-state index in [1.54, 1.807) is 0 Å². The Labute approximate surface area is 122 Å². The van der Waals surface area contributed by atoms with Gasteiger partial charge < -0.3 is 5.73 Å². The van der Waals surface area contributed by atoms with E-state index in [0.717, 1.165) is 37.8 Å². The monoisotopic (exact) mass is 318 g/mol. The van der Waals surface area contributed by atoms with Crippen LogP contribution in [0.15, 0.2) is 17.0 Å². The van der Waals surface area contributed by atoms with Crippen molar-refractivity contribution in [2.24, 2.45) is 5.92 Å². The molecule has 2 aliphatic rings. The predicted molar refractivity (Wildman–Crippen MR) is 75.5 cm³/mol. The van der Waals surface area contributed by atoms with Crippen molar-refractivity contribution < 1.29 is 12.8 Å². The fraction of sp³-hybridized carbons (Fsp3) is 0.538. The summed E-state index contributed by atoms with van der Waals surface area (Å²) in [6.45, 7) is 0.528. The lowest BCUT2D eigenvalue weighted by Crippen LogP contribution is -2.35. The first-order valence-corrected chi connectivity index (χ1v) is 8.48. The maximum atomic E-state index is 13.3. The van der Waals surface area contributed by atoms with E-state index >= 15 is 0 Å². The molecule has 2 saturated carbocycles. The smallest absolute Gasteiger partial charge is 0.244 e. The molecule has 0 aliphatic heterocycles. The molecule has 4 nitrogen and oxygen atoms in total. The topological polar surface area (TPSA) is 63.4 Å². The molecule has 2 aliphatic carbocycles. The maximum absolute atomic E-state index is 13.3. The van der Waals surface area contributed by atoms with E-state index in [2.05, 4.69) is 0 Å². The summed E-state index contributed by atoms with van der Waals surface area (Å²) in [6, 6.07) is 2.14. The van der Waals surface area contributed by atoms with Gasteiger partial charge in [0.25, 0.3) is 0 Å². The summed E-state index contributed by atoms with van der Waals surface area (Å²) in [5.41, 5.74) is 5.28. The highest BCUT2D eigenvalue weighted by Crippen LogP contribution is 2.39. The molecule has 20 heavy (non-hydrogen) atoms. The third-order valence-corrected chi connectivity index (χ3v) is 6.11. The molecule has 7 heteroatoms. The third-order valence-electron chi connectivity index (χ3n) is 3.73. The number of rotatable bonds is 5. The van der Waals surface area contributed by atoms with Gasteiger partial charge >= 0.3 is 0 Å². The van der Waals surface area contributed by atoms with E-state index in [1.165, 1.54) is 4.31 Å². The largest absolute Gasteiger partial charge is 0.396 e. The van der Waals surface area contributed by atoms with Gasteiger partial charge in [0.1, 0.15) is 10.7 Å². The fourth-order valence-electron chi connectivity index (χ4n) is 2.23. The summed E-state index contributed by atoms with van der Waals surface area (Å²) >= 11 is 5.91. The van der Waals surface area contributed by atoms with Crippen LogP contribution in [0.3, 0.4) is 0 Å². The molecule has 1 aromatic carbocycles. The highest BCUT2D eigenvalue weighted by atomic mass is 35.5. The van der Waals surface area contributed by atoms with Crippen LogP contribution in [0.5, 0.6) is 0 Å². The molecule has 1 aromatic rings. The molecule has 0 radical (unpaired) electrons. The highest BCUT2D eigenvalue weighted by Gasteiger charge is 2.41. The first-order chi connectivity index (χ1) is 9.39. The molecule has 110 valence electrons. The molecule has 2 fully saturated rings. The van der Waals surface area contributed by atoms with Gasteiger partial charge in [-0.15, -0.1) is 0 Å². The number of hydrogen-bond acceptors (Lipinski definition) is 3. The van der Waals surface area contributed by atoms with Crippen molar-refractivity contribution in [2.45, 2.75) is 36.6 Å². The lowest BCUT2D eigenvalue weighted by atomic mass is 10.3. The summed E-state index contributed by atoms with van der Waals surface area (Å²) in [6.07, 6.45) is 3.89. The van der Waals surface area contributed by atoms with Crippen LogP contribution in [0, 0.1) is 11.7 Å². The SMILES string of the molecule is Nc1cc(S(=O)(=O)N(CC2CC2)C2CC2)c(Cl)cc1F. The molecule has 0 heterocycles. The molecule has 3 rings (SSSR count). The summed E-state index contributed by atoms with van der Waals surface area (Å²) in [5, 5.41) is -0.113. The quantitative estimate of drug-likeness (QED) is 0.849. The molecule has 0 atom stereocenters. The number of halogens is 2. The van der Waals surface area contributed by atoms with Crippen LogP contribution in [0.4, 0.5) is 10.1 Å². The first-order valence-electron chi connectivity index (χ1n) is 6.66. The van der Waals surface area contributed by atoms with E-state index in [9.17, 15) is 12.8 Å². The predicted octanol–water partition coefficient (Wildman–Crippen LogP) is 2.62. The van der Waals surface area contributed by atoms with Crippen molar-refractivity contribution in [3.63, 3.8) is 0 Å². The number of nitrogen functional groups attached to an aromatic ring is 1. The zero-order valence-electron chi connectivity index (χ0n) is 10.9. The van der Waals surface area contributed by atoms with Crippen molar-refractivity contribution in [1.82, 2.24) is 4.31 Å². The van der Waals surface area contributed by atoms with Gasteiger partial charge in [-0.1, -0.05) is 11.6 Å². The van der Waals surface area contributed by atoms with Gasteiger partial charge in [-0.3, -0.25) is 0 Å². The maximum Gasteiger partial charge on any atom is 0.244 e. The molecular formula is C13H16ClFN2O2S. The Morgan fingerprint density at radius 2 is 1.95 bits per heavy atom. The van der Waals surface area contributed by atoms with Crippen LogP contribution in [-0.2, 0) is 10.0 Å². The number of nitrogens with zero attached hydrogens (tertiary/aromatic N) is 1. The molecule has 0 spiro atoms. The van der Waals surface area contributed by atoms with Crippen LogP contribution in [-0.4, -0.2) is 25.3 Å². The zero-order chi connectivity index (χ0) is 14.5. The highest BCUT2D eigenvalue weighted by molar-refractivity contribution is 7.89. The molecule has 0 saturated heterocycles. The van der Waals surface area contributed by atoms with Crippen LogP contribution >= 0.6 is 11.6 Å². The first kappa shape index (κ1) is 14.1. The molecule has 0 aromatic heterocycles. The summed E-state index contributed by atoms with van der Waals surface area (Å²) in [4.78, 5) is -0.0920. The van der Waals surface area contributed by atoms with Crippen molar-refractivity contribution in [2.75, 3.05) is 12.3 Å². The minimum Gasteiger partial charge on any atom is -0.396 e. The Morgan fingerprint density at radius 1 is 1.30 bits per heavy atom. The van der Waals surface area contributed by atoms with Crippen molar-refractivity contribution in [1.29, 1.82) is 0 Å². The standard InChI is InChI=1S/C13H16ClFN2O2S/c14-10-5-11(15)12(16)6-13(10)20(18,19)17(9-3-4-9)7-8-1-2-8/h5-6,8-9H,1-4,7,16H2. The van der Waals surface area contributed by atoms with Crippen molar-refractivity contribution in [3.05, 3.63) is 23.0 Å². The molecule has 0 unspecified atom stereocenters. The zero-order valence-corrected chi connectivity index (χ0v) is 12.4. The van der Waals surface area contributed by atoms with Gasteiger partial charge in [0, 0.05) is 12.6 Å². The molecule has 0 amide bonds. The van der Waals surface area contributed by atoms with E-state index in [4.69, 9.17) is 17.3 Å². The average Bonchev–Trinajstić information content (AvgIpc) is 3.24. The van der Waals surface area contributed by atoms with Crippen LogP contribution in [0.25, 0.3) is 0 Å². The van der Waals surface area contributed by atoms with Gasteiger partial charge in [-0.05, 0) is 43.7 Å². The summed E-state index contributed by atoms with van der Waals surface area (Å²) in [5.74, 6) is -0.254. The second kappa shape index (κ2) is 4.86. The minimum absolute atomic E-state index is 0.0583. The van der Waals surface area contributed by atoms with Gasteiger partial charge in [-0.25, -0.2) is 12.8 Å². The van der Waals surface area contributed by atoms with Crippen molar-refractivity contribution in [3.8, 4) is 0 Å². The number of nitrogens with two attached hydrogens (primary N) is 1. The second-order valence-electron chi connectivity index (χ2n) is 5.55. The fourth-order valence-corrected chi connectivity index (χ4v) is 4.52. The number of hydrogen-bond donors (Lipinski definition) is 1. The lowest BCUT2D eigenvalue weighted by Gasteiger charge is -2.22. The van der Waals surface area contributed by atoms with Gasteiger partial charge in [0.05, 0.1) is 10.7 Å². The summed E-state index contributed by atoms with van der Waals surface area (Å²) in [7, 11) is -3.71. The van der Waals surface area contributed by atoms with Gasteiger partial charge in [0.2, 0.25) is 10.0 Å². The minimum atomic E-state index is -3.71. The van der Waals surface area contributed by atoms with E-state index in [1.807, 2.05) is 0 Å². The van der Waals surface area contributed by atoms with Crippen LogP contribution in [0.1, 0.15) is 25.7 Å². The third kappa shape index (κ3) is 2.64. The molecule has 0 bridgehead atoms. The normalized spacial score (nSPS) is 19.6. The Bertz CT molecular complexity index is 642. The van der Waals surface area contributed by atoms with Crippen molar-refractivity contribution >= 4 is 27.3 Å². The van der Waals surface area contributed by atoms with E-state index in [-0.39, 0.29) is 21.6 Å². The van der Waals surface area contributed by atoms with E-state index in [0.29, 0.717) is 12.5 Å². The summed E-state index contributed by atoms with van der Waals surface area (Å²) < 4.78 is 40.3. The van der Waals surface area contributed by atoms with Gasteiger partial charge in [-0.2, -0.15) is 4.31 Å². The Kier molecular flexibility index (Phi) is 3.43. The number of benzene rings is 1. The Hall–Kier alpha value is -0.850. The van der Waals surface area contributed by atoms with Crippen LogP contribution in [0.2, 0.25) is 5.02 Å². The molecular weight excluding hydrogens is 303 g/mol. The number of anilines is 1. The number of sulfonamides is 1.